The zero-order valence-corrected chi connectivity index (χ0v) is 30.3. The summed E-state index contributed by atoms with van der Waals surface area (Å²) in [5.41, 5.74) is 15.3. The number of rotatable bonds is 6. The molecule has 2 bridgehead atoms. The van der Waals surface area contributed by atoms with Crippen LogP contribution in [0, 0.1) is 5.92 Å². The lowest BCUT2D eigenvalue weighted by atomic mass is 9.77. The summed E-state index contributed by atoms with van der Waals surface area (Å²) in [7, 11) is 0. The predicted molar refractivity (Wildman–Crippen MR) is 216 cm³/mol. The Hall–Kier alpha value is -4.62. The van der Waals surface area contributed by atoms with Gasteiger partial charge in [-0.3, -0.25) is 0 Å². The third-order valence-electron chi connectivity index (χ3n) is 13.7. The highest BCUT2D eigenvalue weighted by Gasteiger charge is 2.45. The van der Waals surface area contributed by atoms with Gasteiger partial charge in [-0.2, -0.15) is 0 Å². The SMILES string of the molecule is CC1(C)c2cc(N(c3ccc(C4CCCCC4)cc3)c3ccc(C45CCC(CC4)C5)cc3)ccc2-c2cccc(-c3cccc4ccccc34)c21. The maximum Gasteiger partial charge on any atom is 0.0465 e. The Morgan fingerprint density at radius 3 is 1.90 bits per heavy atom. The largest absolute Gasteiger partial charge is 0.310 e. The smallest absolute Gasteiger partial charge is 0.0465 e. The molecule has 0 unspecified atom stereocenters. The zero-order chi connectivity index (χ0) is 34.2. The lowest BCUT2D eigenvalue weighted by molar-refractivity contribution is 0.419. The monoisotopic (exact) mass is 663 g/mol. The summed E-state index contributed by atoms with van der Waals surface area (Å²) in [4.78, 5) is 2.52. The van der Waals surface area contributed by atoms with Gasteiger partial charge in [0.15, 0.2) is 0 Å². The quantitative estimate of drug-likeness (QED) is 0.171. The number of anilines is 3. The first-order valence-electron chi connectivity index (χ1n) is 19.8. The summed E-state index contributed by atoms with van der Waals surface area (Å²) in [6, 6.07) is 49.2. The zero-order valence-electron chi connectivity index (χ0n) is 30.3. The summed E-state index contributed by atoms with van der Waals surface area (Å²) in [6.45, 7) is 4.87. The molecule has 4 aliphatic carbocycles. The van der Waals surface area contributed by atoms with Gasteiger partial charge in [0.1, 0.15) is 0 Å². The van der Waals surface area contributed by atoms with Gasteiger partial charge in [-0.05, 0) is 154 Å². The van der Waals surface area contributed by atoms with Crippen LogP contribution >= 0.6 is 0 Å². The highest BCUT2D eigenvalue weighted by atomic mass is 15.1. The lowest BCUT2D eigenvalue weighted by Gasteiger charge is -2.31. The molecular weight excluding hydrogens is 615 g/mol. The van der Waals surface area contributed by atoms with Crippen LogP contribution in [0.4, 0.5) is 17.1 Å². The fraction of sp³-hybridized carbons (Fsp3) is 0.320. The van der Waals surface area contributed by atoms with Gasteiger partial charge in [-0.1, -0.05) is 124 Å². The topological polar surface area (TPSA) is 3.24 Å². The van der Waals surface area contributed by atoms with Gasteiger partial charge in [0.2, 0.25) is 0 Å². The molecule has 0 atom stereocenters. The number of fused-ring (bicyclic) bond motifs is 6. The summed E-state index contributed by atoms with van der Waals surface area (Å²) in [6.07, 6.45) is 13.7. The lowest BCUT2D eigenvalue weighted by Crippen LogP contribution is -2.20. The highest BCUT2D eigenvalue weighted by molar-refractivity contribution is 6.00. The van der Waals surface area contributed by atoms with Gasteiger partial charge in [0.25, 0.3) is 0 Å². The Morgan fingerprint density at radius 1 is 0.549 bits per heavy atom. The Labute approximate surface area is 304 Å². The summed E-state index contributed by atoms with van der Waals surface area (Å²) < 4.78 is 0. The van der Waals surface area contributed by atoms with Crippen molar-refractivity contribution in [3.8, 4) is 22.3 Å². The van der Waals surface area contributed by atoms with Crippen molar-refractivity contribution in [3.05, 3.63) is 150 Å². The van der Waals surface area contributed by atoms with E-state index in [4.69, 9.17) is 0 Å². The van der Waals surface area contributed by atoms with Gasteiger partial charge in [-0.25, -0.2) is 0 Å². The molecule has 0 spiro atoms. The minimum absolute atomic E-state index is 0.158. The average Bonchev–Trinajstić information content (AvgIpc) is 3.87. The summed E-state index contributed by atoms with van der Waals surface area (Å²) in [5.74, 6) is 1.65. The molecule has 6 aromatic rings. The van der Waals surface area contributed by atoms with Crippen LogP contribution in [-0.2, 0) is 10.8 Å². The van der Waals surface area contributed by atoms with Crippen molar-refractivity contribution >= 4 is 27.8 Å². The van der Waals surface area contributed by atoms with Gasteiger partial charge < -0.3 is 4.90 Å². The number of benzene rings is 6. The first-order chi connectivity index (χ1) is 25.0. The molecule has 10 rings (SSSR count). The number of hydrogen-bond donors (Lipinski definition) is 0. The molecule has 254 valence electrons. The molecule has 1 nitrogen and oxygen atoms in total. The van der Waals surface area contributed by atoms with Crippen LogP contribution in [0.15, 0.2) is 127 Å². The second-order valence-electron chi connectivity index (χ2n) is 16.8. The van der Waals surface area contributed by atoms with Crippen molar-refractivity contribution in [1.82, 2.24) is 0 Å². The Bertz CT molecular complexity index is 2240. The van der Waals surface area contributed by atoms with E-state index < -0.39 is 0 Å². The fourth-order valence-electron chi connectivity index (χ4n) is 11.0. The first-order valence-corrected chi connectivity index (χ1v) is 19.8. The minimum atomic E-state index is -0.158. The number of hydrogen-bond acceptors (Lipinski definition) is 1. The summed E-state index contributed by atoms with van der Waals surface area (Å²) in [5, 5.41) is 2.61. The third-order valence-corrected chi connectivity index (χ3v) is 13.7. The maximum absolute atomic E-state index is 2.52. The predicted octanol–water partition coefficient (Wildman–Crippen LogP) is 14.2. The minimum Gasteiger partial charge on any atom is -0.310 e. The molecule has 0 radical (unpaired) electrons. The van der Waals surface area contributed by atoms with E-state index >= 15 is 0 Å². The average molecular weight is 664 g/mol. The molecule has 0 aromatic heterocycles. The van der Waals surface area contributed by atoms with E-state index in [1.54, 1.807) is 5.56 Å². The van der Waals surface area contributed by atoms with E-state index in [2.05, 4.69) is 146 Å². The third kappa shape index (κ3) is 5.02. The Balaban J connectivity index is 1.07. The summed E-state index contributed by atoms with van der Waals surface area (Å²) >= 11 is 0. The molecule has 0 amide bonds. The van der Waals surface area contributed by atoms with E-state index in [0.29, 0.717) is 11.3 Å². The molecule has 6 aromatic carbocycles. The molecule has 0 saturated heterocycles. The van der Waals surface area contributed by atoms with E-state index in [0.717, 1.165) is 5.92 Å². The van der Waals surface area contributed by atoms with Crippen molar-refractivity contribution in [1.29, 1.82) is 0 Å². The van der Waals surface area contributed by atoms with Crippen LogP contribution in [0.2, 0.25) is 0 Å². The van der Waals surface area contributed by atoms with Crippen molar-refractivity contribution < 1.29 is 0 Å². The van der Waals surface area contributed by atoms with Gasteiger partial charge in [0.05, 0.1) is 0 Å². The van der Waals surface area contributed by atoms with Crippen LogP contribution in [0.25, 0.3) is 33.0 Å². The van der Waals surface area contributed by atoms with E-state index in [9.17, 15) is 0 Å². The van der Waals surface area contributed by atoms with Crippen molar-refractivity contribution in [2.45, 2.75) is 94.8 Å². The van der Waals surface area contributed by atoms with Crippen molar-refractivity contribution in [2.24, 2.45) is 5.92 Å². The van der Waals surface area contributed by atoms with Crippen LogP contribution in [0.1, 0.15) is 106 Å². The van der Waals surface area contributed by atoms with Crippen LogP contribution < -0.4 is 4.90 Å². The molecule has 0 N–H and O–H groups in total. The molecule has 3 fully saturated rings. The van der Waals surface area contributed by atoms with Crippen molar-refractivity contribution in [2.75, 3.05) is 4.90 Å². The molecule has 0 heterocycles. The second kappa shape index (κ2) is 12.0. The Kier molecular flexibility index (Phi) is 7.31. The molecule has 3 saturated carbocycles. The first kappa shape index (κ1) is 31.1. The fourth-order valence-corrected chi connectivity index (χ4v) is 11.0. The van der Waals surface area contributed by atoms with Gasteiger partial charge in [-0.15, -0.1) is 0 Å². The van der Waals surface area contributed by atoms with E-state index in [1.807, 2.05) is 0 Å². The van der Waals surface area contributed by atoms with Crippen LogP contribution in [0.3, 0.4) is 0 Å². The van der Waals surface area contributed by atoms with Gasteiger partial charge in [0, 0.05) is 22.5 Å². The van der Waals surface area contributed by atoms with Crippen LogP contribution in [0.5, 0.6) is 0 Å². The molecule has 4 aliphatic rings. The second-order valence-corrected chi connectivity index (χ2v) is 16.8. The van der Waals surface area contributed by atoms with Crippen molar-refractivity contribution in [3.63, 3.8) is 0 Å². The molecule has 1 heteroatoms. The standard InChI is InChI=1S/C50H49N/c1-49(2)47-32-41(26-27-44(47)46-17-9-16-45(48(46)49)43-15-8-13-37-12-6-7-14-42(37)43)51(39-22-18-36(19-23-39)35-10-4-3-5-11-35)40-24-20-38(21-25-40)50-30-28-34(33-50)29-31-50/h6-9,12-27,32,34-35H,3-5,10-11,28-31,33H2,1-2H3. The van der Waals surface area contributed by atoms with Gasteiger partial charge >= 0.3 is 0 Å². The van der Waals surface area contributed by atoms with Crippen LogP contribution in [-0.4, -0.2) is 0 Å². The molecule has 51 heavy (non-hydrogen) atoms. The highest BCUT2D eigenvalue weighted by Crippen LogP contribution is 2.56. The molecular formula is C50H49N. The Morgan fingerprint density at radius 2 is 1.18 bits per heavy atom. The van der Waals surface area contributed by atoms with E-state index in [1.165, 1.54) is 131 Å². The number of nitrogens with zero attached hydrogens (tertiary/aromatic N) is 1. The molecule has 0 aliphatic heterocycles. The normalized spacial score (nSPS) is 21.9. The maximum atomic E-state index is 2.52. The van der Waals surface area contributed by atoms with E-state index in [-0.39, 0.29) is 5.41 Å².